The maximum atomic E-state index is 3.70. The smallest absolute Gasteiger partial charge is 0.0313 e. The summed E-state index contributed by atoms with van der Waals surface area (Å²) in [4.78, 5) is 0. The van der Waals surface area contributed by atoms with E-state index < -0.39 is 0 Å². The Morgan fingerprint density at radius 1 is 1.27 bits per heavy atom. The third-order valence-corrected chi connectivity index (χ3v) is 1.83. The minimum Gasteiger partial charge on any atom is -0.103 e. The third-order valence-electron chi connectivity index (χ3n) is 1.83. The van der Waals surface area contributed by atoms with E-state index in [1.54, 1.807) is 5.57 Å². The van der Waals surface area contributed by atoms with Gasteiger partial charge in [0.1, 0.15) is 0 Å². The molecule has 0 rings (SSSR count). The van der Waals surface area contributed by atoms with Crippen molar-refractivity contribution in [3.63, 3.8) is 0 Å². The highest BCUT2D eigenvalue weighted by molar-refractivity contribution is 5.01. The zero-order valence-electron chi connectivity index (χ0n) is 7.90. The summed E-state index contributed by atoms with van der Waals surface area (Å²) < 4.78 is 0. The van der Waals surface area contributed by atoms with E-state index in [4.69, 9.17) is 0 Å². The van der Waals surface area contributed by atoms with Crippen molar-refractivity contribution in [2.24, 2.45) is 0 Å². The van der Waals surface area contributed by atoms with E-state index in [0.717, 1.165) is 6.42 Å². The Balaban J connectivity index is 3.60. The first-order valence-corrected chi connectivity index (χ1v) is 4.63. The molecule has 0 heterocycles. The molecular weight excluding hydrogens is 132 g/mol. The highest BCUT2D eigenvalue weighted by atomic mass is 14.0. The second kappa shape index (κ2) is 7.59. The molecule has 11 heavy (non-hydrogen) atoms. The van der Waals surface area contributed by atoms with Crippen LogP contribution in [0, 0.1) is 0 Å². The summed E-state index contributed by atoms with van der Waals surface area (Å²) in [5, 5.41) is 0. The molecule has 0 bridgehead atoms. The van der Waals surface area contributed by atoms with E-state index in [1.807, 2.05) is 6.08 Å². The zero-order chi connectivity index (χ0) is 8.53. The second-order valence-corrected chi connectivity index (χ2v) is 2.83. The van der Waals surface area contributed by atoms with E-state index in [2.05, 4.69) is 26.5 Å². The molecule has 0 aliphatic heterocycles. The van der Waals surface area contributed by atoms with Crippen molar-refractivity contribution in [3.8, 4) is 0 Å². The molecule has 0 unspecified atom stereocenters. The van der Waals surface area contributed by atoms with Crippen LogP contribution in [0.4, 0.5) is 0 Å². The third kappa shape index (κ3) is 5.90. The van der Waals surface area contributed by atoms with Crippen molar-refractivity contribution in [1.82, 2.24) is 0 Å². The first kappa shape index (κ1) is 10.5. The molecule has 0 amide bonds. The van der Waals surface area contributed by atoms with Crippen LogP contribution >= 0.6 is 0 Å². The van der Waals surface area contributed by atoms with Crippen LogP contribution in [0.25, 0.3) is 0 Å². The molecule has 0 aromatic rings. The SMILES string of the molecule is C=CCCC=C(CC)CCC. The normalized spacial score (nSPS) is 11.6. The summed E-state index contributed by atoms with van der Waals surface area (Å²) in [5.74, 6) is 0. The van der Waals surface area contributed by atoms with Crippen molar-refractivity contribution in [3.05, 3.63) is 24.3 Å². The molecule has 0 fully saturated rings. The van der Waals surface area contributed by atoms with E-state index in [1.165, 1.54) is 25.7 Å². The fourth-order valence-electron chi connectivity index (χ4n) is 1.15. The average Bonchev–Trinajstić information content (AvgIpc) is 2.03. The van der Waals surface area contributed by atoms with Gasteiger partial charge in [-0.3, -0.25) is 0 Å². The minimum atomic E-state index is 1.12. The largest absolute Gasteiger partial charge is 0.103 e. The molecule has 0 saturated heterocycles. The number of unbranched alkanes of at least 4 members (excludes halogenated alkanes) is 1. The van der Waals surface area contributed by atoms with Crippen molar-refractivity contribution >= 4 is 0 Å². The molecule has 0 spiro atoms. The Morgan fingerprint density at radius 3 is 2.45 bits per heavy atom. The number of allylic oxidation sites excluding steroid dienone is 3. The first-order valence-electron chi connectivity index (χ1n) is 4.63. The Kier molecular flexibility index (Phi) is 7.23. The van der Waals surface area contributed by atoms with Crippen molar-refractivity contribution < 1.29 is 0 Å². The second-order valence-electron chi connectivity index (χ2n) is 2.83. The standard InChI is InChI=1S/C11H20/c1-4-7-8-10-11(6-3)9-5-2/h4,10H,1,5-9H2,2-3H3. The highest BCUT2D eigenvalue weighted by Gasteiger charge is 1.90. The van der Waals surface area contributed by atoms with Crippen LogP contribution in [0.5, 0.6) is 0 Å². The van der Waals surface area contributed by atoms with Crippen molar-refractivity contribution in [2.75, 3.05) is 0 Å². The summed E-state index contributed by atoms with van der Waals surface area (Å²) in [5.41, 5.74) is 1.61. The van der Waals surface area contributed by atoms with Crippen LogP contribution in [0.3, 0.4) is 0 Å². The summed E-state index contributed by atoms with van der Waals surface area (Å²) in [6.45, 7) is 8.16. The number of rotatable bonds is 6. The molecular formula is C11H20. The molecule has 0 nitrogen and oxygen atoms in total. The predicted octanol–water partition coefficient (Wildman–Crippen LogP) is 4.09. The fraction of sp³-hybridized carbons (Fsp3) is 0.636. The van der Waals surface area contributed by atoms with Gasteiger partial charge in [-0.25, -0.2) is 0 Å². The zero-order valence-corrected chi connectivity index (χ0v) is 7.90. The number of hydrogen-bond acceptors (Lipinski definition) is 0. The van der Waals surface area contributed by atoms with Gasteiger partial charge < -0.3 is 0 Å². The van der Waals surface area contributed by atoms with Gasteiger partial charge in [0.05, 0.1) is 0 Å². The predicted molar refractivity (Wildman–Crippen MR) is 52.7 cm³/mol. The molecule has 0 heteroatoms. The lowest BCUT2D eigenvalue weighted by atomic mass is 10.1. The van der Waals surface area contributed by atoms with Crippen LogP contribution in [0.15, 0.2) is 24.3 Å². The van der Waals surface area contributed by atoms with Crippen molar-refractivity contribution in [1.29, 1.82) is 0 Å². The molecule has 0 atom stereocenters. The van der Waals surface area contributed by atoms with Crippen LogP contribution in [0.2, 0.25) is 0 Å². The lowest BCUT2D eigenvalue weighted by Gasteiger charge is -2.00. The van der Waals surface area contributed by atoms with Crippen LogP contribution in [0.1, 0.15) is 46.0 Å². The molecule has 0 aromatic heterocycles. The summed E-state index contributed by atoms with van der Waals surface area (Å²) >= 11 is 0. The first-order chi connectivity index (χ1) is 5.35. The van der Waals surface area contributed by atoms with Gasteiger partial charge in [-0.2, -0.15) is 0 Å². The molecule has 0 N–H and O–H groups in total. The van der Waals surface area contributed by atoms with E-state index in [-0.39, 0.29) is 0 Å². The Bertz CT molecular complexity index is 120. The highest BCUT2D eigenvalue weighted by Crippen LogP contribution is 2.10. The van der Waals surface area contributed by atoms with Crippen LogP contribution in [-0.4, -0.2) is 0 Å². The van der Waals surface area contributed by atoms with Crippen molar-refractivity contribution in [2.45, 2.75) is 46.0 Å². The fourth-order valence-corrected chi connectivity index (χ4v) is 1.15. The lowest BCUT2D eigenvalue weighted by Crippen LogP contribution is -1.80. The Hall–Kier alpha value is -0.520. The van der Waals surface area contributed by atoms with Gasteiger partial charge in [-0.1, -0.05) is 38.0 Å². The Labute approximate surface area is 71.0 Å². The van der Waals surface area contributed by atoms with Gasteiger partial charge in [0.2, 0.25) is 0 Å². The van der Waals surface area contributed by atoms with E-state index in [9.17, 15) is 0 Å². The molecule has 0 aromatic carbocycles. The monoisotopic (exact) mass is 152 g/mol. The molecule has 0 aliphatic carbocycles. The minimum absolute atomic E-state index is 1.12. The van der Waals surface area contributed by atoms with E-state index in [0.29, 0.717) is 0 Å². The quantitative estimate of drug-likeness (QED) is 0.397. The van der Waals surface area contributed by atoms with Gasteiger partial charge in [0, 0.05) is 0 Å². The average molecular weight is 152 g/mol. The van der Waals surface area contributed by atoms with Gasteiger partial charge >= 0.3 is 0 Å². The van der Waals surface area contributed by atoms with Crippen LogP contribution < -0.4 is 0 Å². The maximum Gasteiger partial charge on any atom is -0.0313 e. The van der Waals surface area contributed by atoms with Gasteiger partial charge in [0.25, 0.3) is 0 Å². The Morgan fingerprint density at radius 2 is 2.00 bits per heavy atom. The van der Waals surface area contributed by atoms with Crippen LogP contribution in [-0.2, 0) is 0 Å². The van der Waals surface area contributed by atoms with Gasteiger partial charge in [-0.05, 0) is 25.7 Å². The maximum absolute atomic E-state index is 3.70. The number of hydrogen-bond donors (Lipinski definition) is 0. The van der Waals surface area contributed by atoms with Gasteiger partial charge in [-0.15, -0.1) is 6.58 Å². The molecule has 0 aliphatic rings. The van der Waals surface area contributed by atoms with E-state index >= 15 is 0 Å². The lowest BCUT2D eigenvalue weighted by molar-refractivity contribution is 0.843. The van der Waals surface area contributed by atoms with Gasteiger partial charge in [0.15, 0.2) is 0 Å². The summed E-state index contributed by atoms with van der Waals surface area (Å²) in [6, 6.07) is 0. The molecule has 0 radical (unpaired) electrons. The summed E-state index contributed by atoms with van der Waals surface area (Å²) in [6.07, 6.45) is 10.4. The topological polar surface area (TPSA) is 0 Å². The molecule has 0 saturated carbocycles. The summed E-state index contributed by atoms with van der Waals surface area (Å²) in [7, 11) is 0. The molecule has 64 valence electrons.